The van der Waals surface area contributed by atoms with Crippen LogP contribution in [-0.4, -0.2) is 22.2 Å². The summed E-state index contributed by atoms with van der Waals surface area (Å²) >= 11 is 0. The quantitative estimate of drug-likeness (QED) is 0.556. The van der Waals surface area contributed by atoms with E-state index < -0.39 is 11.9 Å². The van der Waals surface area contributed by atoms with E-state index in [1.165, 1.54) is 0 Å². The molecule has 0 unspecified atom stereocenters. The first-order valence-electron chi connectivity index (χ1n) is 3.73. The molecule has 0 aromatic carbocycles. The van der Waals surface area contributed by atoms with Crippen LogP contribution in [0.1, 0.15) is 26.7 Å². The Morgan fingerprint density at radius 2 is 1.14 bits per heavy atom. The van der Waals surface area contributed by atoms with Crippen molar-refractivity contribution in [2.75, 3.05) is 0 Å². The Labute approximate surface area is 109 Å². The van der Waals surface area contributed by atoms with Crippen LogP contribution in [0.4, 0.5) is 0 Å². The standard InChI is InChI=1S/C8H12O4.2Rh/c1-3-5(7(9)10)6(4-2)8(11)12;;/h3-4H2,1-2H3,(H,9,10)(H,11,12);;/q-2;;. The molecular formula is C8H12O4Rh2-2. The summed E-state index contributed by atoms with van der Waals surface area (Å²) in [5.74, 6) is -2.30. The molecule has 0 spiro atoms. The van der Waals surface area contributed by atoms with Crippen molar-refractivity contribution in [3.63, 3.8) is 0 Å². The predicted octanol–water partition coefficient (Wildman–Crippen LogP) is 1.12. The summed E-state index contributed by atoms with van der Waals surface area (Å²) in [5.41, 5.74) is 0. The Kier molecular flexibility index (Phi) is 13.2. The van der Waals surface area contributed by atoms with Gasteiger partial charge in [0.05, 0.1) is 0 Å². The summed E-state index contributed by atoms with van der Waals surface area (Å²) in [4.78, 5) is 21.0. The molecule has 0 heterocycles. The van der Waals surface area contributed by atoms with Gasteiger partial charge in [0.1, 0.15) is 11.9 Å². The zero-order valence-electron chi connectivity index (χ0n) is 7.79. The molecule has 2 N–H and O–H groups in total. The van der Waals surface area contributed by atoms with Crippen molar-refractivity contribution in [1.82, 2.24) is 0 Å². The average Bonchev–Trinajstić information content (AvgIpc) is 1.98. The number of carboxylic acid groups (broad SMARTS) is 2. The smallest absolute Gasteiger partial charge is 0.140 e. The van der Waals surface area contributed by atoms with Crippen LogP contribution in [0.15, 0.2) is 0 Å². The molecular weight excluding hydrogens is 366 g/mol. The molecule has 0 aromatic rings. The number of hydrogen-bond donors (Lipinski definition) is 2. The van der Waals surface area contributed by atoms with Crippen molar-refractivity contribution in [2.45, 2.75) is 26.7 Å². The summed E-state index contributed by atoms with van der Waals surface area (Å²) < 4.78 is 0. The van der Waals surface area contributed by atoms with E-state index >= 15 is 0 Å². The third-order valence-corrected chi connectivity index (χ3v) is 1.59. The summed E-state index contributed by atoms with van der Waals surface area (Å²) in [6, 6.07) is 0. The van der Waals surface area contributed by atoms with Crippen molar-refractivity contribution in [2.24, 2.45) is 0 Å². The van der Waals surface area contributed by atoms with Crippen molar-refractivity contribution in [3.05, 3.63) is 11.8 Å². The maximum atomic E-state index is 10.5. The molecule has 6 heteroatoms. The van der Waals surface area contributed by atoms with Gasteiger partial charge in [-0.3, -0.25) is 9.59 Å². The molecule has 0 aliphatic carbocycles. The SMILES string of the molecule is CC[C-](C(=O)O)[C-](CC)C(=O)O.[Rh].[Rh]. The number of rotatable bonds is 5. The molecule has 0 aliphatic rings. The van der Waals surface area contributed by atoms with Gasteiger partial charge in [-0.2, -0.15) is 12.8 Å². The third-order valence-electron chi connectivity index (χ3n) is 1.59. The van der Waals surface area contributed by atoms with Gasteiger partial charge in [0, 0.05) is 39.0 Å². The van der Waals surface area contributed by atoms with E-state index in [1.54, 1.807) is 13.8 Å². The van der Waals surface area contributed by atoms with E-state index in [0.717, 1.165) is 0 Å². The van der Waals surface area contributed by atoms with Gasteiger partial charge < -0.3 is 22.0 Å². The molecule has 0 amide bonds. The molecule has 0 bridgehead atoms. The van der Waals surface area contributed by atoms with Gasteiger partial charge in [-0.25, -0.2) is 0 Å². The fourth-order valence-electron chi connectivity index (χ4n) is 0.987. The number of aliphatic carboxylic acids is 2. The second-order valence-corrected chi connectivity index (χ2v) is 2.27. The van der Waals surface area contributed by atoms with Crippen molar-refractivity contribution < 1.29 is 58.8 Å². The van der Waals surface area contributed by atoms with Crippen LogP contribution >= 0.6 is 0 Å². The van der Waals surface area contributed by atoms with Gasteiger partial charge in [-0.1, -0.05) is 13.8 Å². The minimum Gasteiger partial charge on any atom is -0.505 e. The van der Waals surface area contributed by atoms with Crippen LogP contribution in [0, 0.1) is 11.8 Å². The molecule has 0 rings (SSSR count). The zero-order valence-corrected chi connectivity index (χ0v) is 11.1. The normalized spacial score (nSPS) is 7.86. The summed E-state index contributed by atoms with van der Waals surface area (Å²) in [6.07, 6.45) is 0.482. The fraction of sp³-hybridized carbons (Fsp3) is 0.500. The largest absolute Gasteiger partial charge is 0.505 e. The Balaban J connectivity index is -0.000000605. The predicted molar refractivity (Wildman–Crippen MR) is 42.3 cm³/mol. The molecule has 2 radical (unpaired) electrons. The van der Waals surface area contributed by atoms with Crippen molar-refractivity contribution in [3.8, 4) is 0 Å². The van der Waals surface area contributed by atoms with Crippen LogP contribution in [0.3, 0.4) is 0 Å². The molecule has 0 saturated carbocycles. The van der Waals surface area contributed by atoms with E-state index in [-0.39, 0.29) is 63.6 Å². The van der Waals surface area contributed by atoms with Crippen LogP contribution in [0.5, 0.6) is 0 Å². The first kappa shape index (κ1) is 19.5. The van der Waals surface area contributed by atoms with Gasteiger partial charge >= 0.3 is 0 Å². The van der Waals surface area contributed by atoms with Crippen molar-refractivity contribution in [1.29, 1.82) is 0 Å². The molecule has 0 aromatic heterocycles. The molecule has 0 saturated heterocycles. The van der Waals surface area contributed by atoms with Crippen LogP contribution in [0.2, 0.25) is 0 Å². The van der Waals surface area contributed by atoms with Gasteiger partial charge in [-0.05, 0) is 0 Å². The maximum Gasteiger partial charge on any atom is 0.140 e. The molecule has 0 fully saturated rings. The second-order valence-electron chi connectivity index (χ2n) is 2.27. The molecule has 0 atom stereocenters. The van der Waals surface area contributed by atoms with Gasteiger partial charge in [0.25, 0.3) is 0 Å². The third kappa shape index (κ3) is 5.61. The average molecular weight is 378 g/mol. The maximum absolute atomic E-state index is 10.5. The van der Waals surface area contributed by atoms with Gasteiger partial charge in [-0.15, -0.1) is 0 Å². The first-order chi connectivity index (χ1) is 5.54. The number of carboxylic acids is 2. The van der Waals surface area contributed by atoms with Gasteiger partial charge in [0.2, 0.25) is 0 Å². The summed E-state index contributed by atoms with van der Waals surface area (Å²) in [6.45, 7) is 3.25. The Hall–Kier alpha value is -0.0732. The molecule has 14 heavy (non-hydrogen) atoms. The topological polar surface area (TPSA) is 74.6 Å². The molecule has 4 nitrogen and oxygen atoms in total. The molecule has 0 aliphatic heterocycles. The van der Waals surface area contributed by atoms with E-state index in [4.69, 9.17) is 10.2 Å². The minimum atomic E-state index is -1.14. The summed E-state index contributed by atoms with van der Waals surface area (Å²) in [7, 11) is 0. The van der Waals surface area contributed by atoms with E-state index in [2.05, 4.69) is 0 Å². The fourth-order valence-corrected chi connectivity index (χ4v) is 0.987. The summed E-state index contributed by atoms with van der Waals surface area (Å²) in [5, 5.41) is 17.2. The van der Waals surface area contributed by atoms with E-state index in [0.29, 0.717) is 0 Å². The van der Waals surface area contributed by atoms with Crippen LogP contribution in [0.25, 0.3) is 0 Å². The Morgan fingerprint density at radius 1 is 0.929 bits per heavy atom. The monoisotopic (exact) mass is 378 g/mol. The zero-order chi connectivity index (χ0) is 9.72. The Morgan fingerprint density at radius 3 is 1.21 bits per heavy atom. The number of carbonyl (C=O) groups is 2. The Bertz CT molecular complexity index is 164. The first-order valence-corrected chi connectivity index (χ1v) is 3.73. The van der Waals surface area contributed by atoms with E-state index in [9.17, 15) is 9.59 Å². The van der Waals surface area contributed by atoms with Gasteiger partial charge in [0.15, 0.2) is 0 Å². The minimum absolute atomic E-state index is 0. The molecule has 88 valence electrons. The second kappa shape index (κ2) is 9.48. The van der Waals surface area contributed by atoms with E-state index in [1.807, 2.05) is 0 Å². The number of hydrogen-bond acceptors (Lipinski definition) is 2. The van der Waals surface area contributed by atoms with Crippen LogP contribution < -0.4 is 0 Å². The van der Waals surface area contributed by atoms with Crippen LogP contribution in [-0.2, 0) is 48.5 Å². The van der Waals surface area contributed by atoms with Crippen molar-refractivity contribution >= 4 is 11.9 Å².